The average molecular weight is 352 g/mol. The molecule has 2 amide bonds. The summed E-state index contributed by atoms with van der Waals surface area (Å²) >= 11 is 0. The lowest BCUT2D eigenvalue weighted by molar-refractivity contribution is 0.251. The molecule has 7 nitrogen and oxygen atoms in total. The maximum atomic E-state index is 12.3. The zero-order chi connectivity index (χ0) is 18.4. The van der Waals surface area contributed by atoms with Gasteiger partial charge in [0.1, 0.15) is 0 Å². The summed E-state index contributed by atoms with van der Waals surface area (Å²) in [6.45, 7) is 0.357. The first-order valence-electron chi connectivity index (χ1n) is 8.06. The summed E-state index contributed by atoms with van der Waals surface area (Å²) in [5, 5.41) is 9.89. The number of methoxy groups -OCH3 is 2. The number of para-hydroxylation sites is 2. The minimum atomic E-state index is -0.306. The van der Waals surface area contributed by atoms with Gasteiger partial charge in [-0.3, -0.25) is 0 Å². The van der Waals surface area contributed by atoms with Crippen LogP contribution in [0.4, 0.5) is 10.5 Å². The summed E-state index contributed by atoms with van der Waals surface area (Å²) in [6, 6.07) is 14.5. The Labute approximate surface area is 151 Å². The molecule has 0 aliphatic carbocycles. The Kier molecular flexibility index (Phi) is 5.38. The third-order valence-corrected chi connectivity index (χ3v) is 3.80. The van der Waals surface area contributed by atoms with E-state index in [1.54, 1.807) is 31.2 Å². The molecular formula is C19H20N4O3. The van der Waals surface area contributed by atoms with Crippen LogP contribution < -0.4 is 20.1 Å². The highest BCUT2D eigenvalue weighted by molar-refractivity contribution is 5.91. The number of carbonyl (C=O) groups is 1. The molecule has 134 valence electrons. The van der Waals surface area contributed by atoms with Crippen molar-refractivity contribution in [3.05, 3.63) is 66.5 Å². The van der Waals surface area contributed by atoms with Gasteiger partial charge in [-0.1, -0.05) is 18.2 Å². The van der Waals surface area contributed by atoms with E-state index >= 15 is 0 Å². The fourth-order valence-corrected chi connectivity index (χ4v) is 2.53. The zero-order valence-corrected chi connectivity index (χ0v) is 14.6. The summed E-state index contributed by atoms with van der Waals surface area (Å²) in [4.78, 5) is 12.3. The zero-order valence-electron chi connectivity index (χ0n) is 14.6. The van der Waals surface area contributed by atoms with Gasteiger partial charge >= 0.3 is 6.03 Å². The van der Waals surface area contributed by atoms with Crippen molar-refractivity contribution in [1.82, 2.24) is 15.1 Å². The molecule has 1 heterocycles. The Balaban J connectivity index is 1.65. The summed E-state index contributed by atoms with van der Waals surface area (Å²) in [5.74, 6) is 1.27. The van der Waals surface area contributed by atoms with Crippen LogP contribution in [-0.4, -0.2) is 30.0 Å². The Morgan fingerprint density at radius 3 is 2.62 bits per heavy atom. The van der Waals surface area contributed by atoms with E-state index in [1.165, 1.54) is 0 Å². The molecule has 0 aliphatic rings. The lowest BCUT2D eigenvalue weighted by atomic mass is 10.2. The molecule has 2 N–H and O–H groups in total. The molecule has 26 heavy (non-hydrogen) atoms. The number of carbonyl (C=O) groups excluding carboxylic acids is 1. The van der Waals surface area contributed by atoms with E-state index < -0.39 is 0 Å². The smallest absolute Gasteiger partial charge is 0.319 e. The second-order valence-electron chi connectivity index (χ2n) is 5.46. The van der Waals surface area contributed by atoms with Crippen LogP contribution >= 0.6 is 0 Å². The number of anilines is 1. The Morgan fingerprint density at radius 1 is 1.08 bits per heavy atom. The first-order chi connectivity index (χ1) is 12.7. The number of rotatable bonds is 6. The van der Waals surface area contributed by atoms with Crippen LogP contribution in [0.15, 0.2) is 60.9 Å². The summed E-state index contributed by atoms with van der Waals surface area (Å²) in [7, 11) is 3.16. The van der Waals surface area contributed by atoms with Gasteiger partial charge in [-0.15, -0.1) is 0 Å². The lowest BCUT2D eigenvalue weighted by Crippen LogP contribution is -2.28. The lowest BCUT2D eigenvalue weighted by Gasteiger charge is -2.13. The van der Waals surface area contributed by atoms with Crippen LogP contribution in [0.25, 0.3) is 5.69 Å². The fraction of sp³-hybridized carbons (Fsp3) is 0.158. The number of hydrogen-bond donors (Lipinski definition) is 2. The summed E-state index contributed by atoms with van der Waals surface area (Å²) in [6.07, 6.45) is 3.51. The van der Waals surface area contributed by atoms with E-state index in [-0.39, 0.29) is 6.03 Å². The summed E-state index contributed by atoms with van der Waals surface area (Å²) in [5.41, 5.74) is 2.36. The van der Waals surface area contributed by atoms with E-state index in [1.807, 2.05) is 48.7 Å². The molecule has 0 saturated carbocycles. The van der Waals surface area contributed by atoms with Gasteiger partial charge in [0, 0.05) is 18.9 Å². The van der Waals surface area contributed by atoms with Crippen molar-refractivity contribution in [2.24, 2.45) is 0 Å². The van der Waals surface area contributed by atoms with Gasteiger partial charge in [-0.25, -0.2) is 9.48 Å². The number of ether oxygens (including phenoxy) is 2. The molecule has 0 fully saturated rings. The number of urea groups is 1. The minimum absolute atomic E-state index is 0.306. The first-order valence-corrected chi connectivity index (χ1v) is 8.06. The Morgan fingerprint density at radius 2 is 1.88 bits per heavy atom. The predicted octanol–water partition coefficient (Wildman–Crippen LogP) is 3.21. The largest absolute Gasteiger partial charge is 0.493 e. The standard InChI is InChI=1S/C19H20N4O3/c1-25-17-9-8-14(12-18(17)26-2)13-20-19(24)22-15-6-3-4-7-16(15)23-11-5-10-21-23/h3-12H,13H2,1-2H3,(H2,20,22,24). The SMILES string of the molecule is COc1ccc(CNC(=O)Nc2ccccc2-n2cccn2)cc1OC. The van der Waals surface area contributed by atoms with Crippen molar-refractivity contribution in [3.8, 4) is 17.2 Å². The molecule has 0 spiro atoms. The van der Waals surface area contributed by atoms with Crippen LogP contribution in [-0.2, 0) is 6.54 Å². The summed E-state index contributed by atoms with van der Waals surface area (Å²) < 4.78 is 12.2. The van der Waals surface area contributed by atoms with Crippen molar-refractivity contribution in [2.45, 2.75) is 6.54 Å². The van der Waals surface area contributed by atoms with Gasteiger partial charge in [0.15, 0.2) is 11.5 Å². The van der Waals surface area contributed by atoms with Crippen molar-refractivity contribution >= 4 is 11.7 Å². The quantitative estimate of drug-likeness (QED) is 0.714. The fourth-order valence-electron chi connectivity index (χ4n) is 2.53. The molecule has 0 unspecified atom stereocenters. The van der Waals surface area contributed by atoms with Gasteiger partial charge in [-0.05, 0) is 35.9 Å². The second kappa shape index (κ2) is 8.06. The van der Waals surface area contributed by atoms with Gasteiger partial charge in [0.05, 0.1) is 25.6 Å². The van der Waals surface area contributed by atoms with Gasteiger partial charge in [0.25, 0.3) is 0 Å². The Bertz CT molecular complexity index is 878. The number of aromatic nitrogens is 2. The van der Waals surface area contributed by atoms with Crippen LogP contribution in [0.1, 0.15) is 5.56 Å². The molecule has 0 radical (unpaired) electrons. The van der Waals surface area contributed by atoms with Crippen molar-refractivity contribution in [1.29, 1.82) is 0 Å². The van der Waals surface area contributed by atoms with Crippen LogP contribution in [0.3, 0.4) is 0 Å². The van der Waals surface area contributed by atoms with Crippen molar-refractivity contribution in [2.75, 3.05) is 19.5 Å². The second-order valence-corrected chi connectivity index (χ2v) is 5.46. The van der Waals surface area contributed by atoms with Gasteiger partial charge < -0.3 is 20.1 Å². The highest BCUT2D eigenvalue weighted by Gasteiger charge is 2.09. The maximum Gasteiger partial charge on any atom is 0.319 e. The molecular weight excluding hydrogens is 332 g/mol. The molecule has 2 aromatic carbocycles. The van der Waals surface area contributed by atoms with E-state index in [0.717, 1.165) is 11.3 Å². The van der Waals surface area contributed by atoms with E-state index in [0.29, 0.717) is 23.7 Å². The monoisotopic (exact) mass is 352 g/mol. The number of hydrogen-bond acceptors (Lipinski definition) is 4. The van der Waals surface area contributed by atoms with Crippen molar-refractivity contribution in [3.63, 3.8) is 0 Å². The normalized spacial score (nSPS) is 10.2. The van der Waals surface area contributed by atoms with Crippen LogP contribution in [0.2, 0.25) is 0 Å². The van der Waals surface area contributed by atoms with Gasteiger partial charge in [0.2, 0.25) is 0 Å². The molecule has 3 aromatic rings. The molecule has 0 bridgehead atoms. The first kappa shape index (κ1) is 17.3. The maximum absolute atomic E-state index is 12.3. The molecule has 1 aromatic heterocycles. The highest BCUT2D eigenvalue weighted by atomic mass is 16.5. The van der Waals surface area contributed by atoms with Crippen LogP contribution in [0, 0.1) is 0 Å². The van der Waals surface area contributed by atoms with E-state index in [4.69, 9.17) is 9.47 Å². The number of nitrogens with zero attached hydrogens (tertiary/aromatic N) is 2. The number of nitrogens with one attached hydrogen (secondary N) is 2. The third kappa shape index (κ3) is 3.94. The van der Waals surface area contributed by atoms with Crippen molar-refractivity contribution < 1.29 is 14.3 Å². The number of amides is 2. The molecule has 0 saturated heterocycles. The number of benzene rings is 2. The topological polar surface area (TPSA) is 77.4 Å². The highest BCUT2D eigenvalue weighted by Crippen LogP contribution is 2.27. The molecule has 0 atom stereocenters. The third-order valence-electron chi connectivity index (χ3n) is 3.80. The van der Waals surface area contributed by atoms with E-state index in [2.05, 4.69) is 15.7 Å². The van der Waals surface area contributed by atoms with Gasteiger partial charge in [-0.2, -0.15) is 5.10 Å². The minimum Gasteiger partial charge on any atom is -0.493 e. The molecule has 3 rings (SSSR count). The predicted molar refractivity (Wildman–Crippen MR) is 99.0 cm³/mol. The van der Waals surface area contributed by atoms with Crippen LogP contribution in [0.5, 0.6) is 11.5 Å². The Hall–Kier alpha value is -3.48. The van der Waals surface area contributed by atoms with E-state index in [9.17, 15) is 4.79 Å². The average Bonchev–Trinajstić information content (AvgIpc) is 3.21. The molecule has 7 heteroatoms. The molecule has 0 aliphatic heterocycles.